The number of hydrogen-bond acceptors (Lipinski definition) is 8. The molecule has 1 amide bonds. The van der Waals surface area contributed by atoms with Crippen LogP contribution in [-0.4, -0.2) is 53.6 Å². The van der Waals surface area contributed by atoms with Crippen LogP contribution in [0.2, 0.25) is 0 Å². The van der Waals surface area contributed by atoms with Crippen LogP contribution in [0.5, 0.6) is 11.5 Å². The summed E-state index contributed by atoms with van der Waals surface area (Å²) >= 11 is 0. The highest BCUT2D eigenvalue weighted by Gasteiger charge is 2.46. The Hall–Kier alpha value is -5.29. The molecule has 3 unspecified atom stereocenters. The van der Waals surface area contributed by atoms with Crippen LogP contribution in [0.3, 0.4) is 0 Å². The highest BCUT2D eigenvalue weighted by atomic mass is 16.6. The van der Waals surface area contributed by atoms with E-state index in [1.807, 2.05) is 78.9 Å². The fraction of sp³-hybridized carbons (Fsp3) is 0.194. The minimum Gasteiger partial charge on any atom is -0.497 e. The highest BCUT2D eigenvalue weighted by Crippen LogP contribution is 2.44. The first-order valence-corrected chi connectivity index (χ1v) is 14.7. The number of ether oxygens (including phenoxy) is 4. The van der Waals surface area contributed by atoms with Gasteiger partial charge in [-0.25, -0.2) is 4.79 Å². The summed E-state index contributed by atoms with van der Waals surface area (Å²) in [6.45, 7) is -0.00827. The number of rotatable bonds is 10. The molecule has 0 spiro atoms. The summed E-state index contributed by atoms with van der Waals surface area (Å²) in [6, 6.07) is 34.9. The van der Waals surface area contributed by atoms with E-state index in [9.17, 15) is 14.7 Å². The van der Waals surface area contributed by atoms with Gasteiger partial charge < -0.3 is 29.4 Å². The lowest BCUT2D eigenvalue weighted by molar-refractivity contribution is -0.0904. The number of benzene rings is 4. The van der Waals surface area contributed by atoms with E-state index in [2.05, 4.69) is 10.3 Å². The SMILES string of the molecule is COc1ccc(C(OC2COC(n3ccc(NC(=O)c4ccccc4)nc3=O)C2O)(c2ccccc2)c2ccc(OC)cc2)cc1. The predicted molar refractivity (Wildman–Crippen MR) is 171 cm³/mol. The maximum absolute atomic E-state index is 13.1. The molecule has 10 heteroatoms. The zero-order valence-corrected chi connectivity index (χ0v) is 25.3. The molecule has 46 heavy (non-hydrogen) atoms. The van der Waals surface area contributed by atoms with Crippen LogP contribution < -0.4 is 20.5 Å². The maximum Gasteiger partial charge on any atom is 0.351 e. The van der Waals surface area contributed by atoms with Crippen molar-refractivity contribution < 1.29 is 28.8 Å². The number of anilines is 1. The maximum atomic E-state index is 13.1. The van der Waals surface area contributed by atoms with Crippen molar-refractivity contribution in [1.29, 1.82) is 0 Å². The van der Waals surface area contributed by atoms with Crippen molar-refractivity contribution in [3.05, 3.63) is 154 Å². The van der Waals surface area contributed by atoms with Crippen LogP contribution in [0.25, 0.3) is 0 Å². The number of aliphatic hydroxyl groups is 1. The van der Waals surface area contributed by atoms with Crippen molar-refractivity contribution in [3.8, 4) is 11.5 Å². The highest BCUT2D eigenvalue weighted by molar-refractivity contribution is 6.03. The van der Waals surface area contributed by atoms with Crippen molar-refractivity contribution in [2.24, 2.45) is 0 Å². The largest absolute Gasteiger partial charge is 0.497 e. The van der Waals surface area contributed by atoms with Gasteiger partial charge in [0.05, 0.1) is 20.8 Å². The van der Waals surface area contributed by atoms with Crippen LogP contribution in [0.4, 0.5) is 5.82 Å². The molecule has 2 heterocycles. The van der Waals surface area contributed by atoms with E-state index in [1.165, 1.54) is 16.8 Å². The van der Waals surface area contributed by atoms with Crippen LogP contribution in [0.1, 0.15) is 33.3 Å². The fourth-order valence-corrected chi connectivity index (χ4v) is 5.63. The van der Waals surface area contributed by atoms with Crippen LogP contribution in [0, 0.1) is 0 Å². The van der Waals surface area contributed by atoms with Crippen molar-refractivity contribution in [2.45, 2.75) is 24.0 Å². The van der Waals surface area contributed by atoms with E-state index in [1.54, 1.807) is 44.6 Å². The molecule has 1 aromatic heterocycles. The number of carbonyl (C=O) groups is 1. The molecule has 1 saturated heterocycles. The van der Waals surface area contributed by atoms with E-state index in [0.29, 0.717) is 17.1 Å². The molecule has 0 bridgehead atoms. The average molecular weight is 620 g/mol. The van der Waals surface area contributed by atoms with Crippen LogP contribution in [-0.2, 0) is 15.1 Å². The third kappa shape index (κ3) is 6.01. The van der Waals surface area contributed by atoms with Gasteiger partial charge in [-0.1, -0.05) is 72.8 Å². The molecule has 0 aliphatic carbocycles. The molecular weight excluding hydrogens is 586 g/mol. The summed E-state index contributed by atoms with van der Waals surface area (Å²) in [6.07, 6.45) is -1.75. The Morgan fingerprint density at radius 3 is 1.91 bits per heavy atom. The third-order valence-electron chi connectivity index (χ3n) is 7.99. The molecule has 1 fully saturated rings. The molecule has 3 atom stereocenters. The summed E-state index contributed by atoms with van der Waals surface area (Å²) in [7, 11) is 3.21. The zero-order chi connectivity index (χ0) is 32.1. The second-order valence-electron chi connectivity index (χ2n) is 10.7. The lowest BCUT2D eigenvalue weighted by Gasteiger charge is -2.38. The van der Waals surface area contributed by atoms with Gasteiger partial charge in [0.25, 0.3) is 5.91 Å². The normalized spacial score (nSPS) is 17.8. The van der Waals surface area contributed by atoms with Crippen LogP contribution in [0.15, 0.2) is 126 Å². The van der Waals surface area contributed by atoms with E-state index in [-0.39, 0.29) is 12.4 Å². The van der Waals surface area contributed by atoms with Crippen molar-refractivity contribution in [2.75, 3.05) is 26.1 Å². The Bertz CT molecular complexity index is 1780. The number of methoxy groups -OCH3 is 2. The Morgan fingerprint density at radius 2 is 1.37 bits per heavy atom. The molecule has 0 saturated carbocycles. The van der Waals surface area contributed by atoms with Gasteiger partial charge >= 0.3 is 5.69 Å². The summed E-state index contributed by atoms with van der Waals surface area (Å²) in [5, 5.41) is 14.2. The van der Waals surface area contributed by atoms with Crippen molar-refractivity contribution >= 4 is 11.7 Å². The molecule has 5 aromatic rings. The number of amides is 1. The molecule has 1 aliphatic heterocycles. The minimum atomic E-state index is -1.25. The lowest BCUT2D eigenvalue weighted by Crippen LogP contribution is -2.42. The number of aromatic nitrogens is 2. The van der Waals surface area contributed by atoms with Gasteiger partial charge in [-0.15, -0.1) is 0 Å². The summed E-state index contributed by atoms with van der Waals surface area (Å²) < 4.78 is 25.0. The molecule has 1 aliphatic rings. The number of hydrogen-bond donors (Lipinski definition) is 2. The third-order valence-corrected chi connectivity index (χ3v) is 7.99. The van der Waals surface area contributed by atoms with Gasteiger partial charge in [0.1, 0.15) is 35.1 Å². The topological polar surface area (TPSA) is 121 Å². The van der Waals surface area contributed by atoms with Crippen LogP contribution >= 0.6 is 0 Å². The lowest BCUT2D eigenvalue weighted by atomic mass is 9.79. The van der Waals surface area contributed by atoms with E-state index in [4.69, 9.17) is 18.9 Å². The number of aliphatic hydroxyl groups excluding tert-OH is 1. The van der Waals surface area contributed by atoms with Gasteiger partial charge in [-0.3, -0.25) is 9.36 Å². The number of nitrogens with zero attached hydrogens (tertiary/aromatic N) is 2. The first-order chi connectivity index (χ1) is 22.4. The number of nitrogens with one attached hydrogen (secondary N) is 1. The average Bonchev–Trinajstić information content (AvgIpc) is 3.46. The Labute approximate surface area is 265 Å². The minimum absolute atomic E-state index is 0.00827. The monoisotopic (exact) mass is 619 g/mol. The quantitative estimate of drug-likeness (QED) is 0.214. The fourth-order valence-electron chi connectivity index (χ4n) is 5.63. The molecule has 0 radical (unpaired) electrons. The second-order valence-corrected chi connectivity index (χ2v) is 10.7. The van der Waals surface area contributed by atoms with E-state index in [0.717, 1.165) is 16.7 Å². The molecule has 6 rings (SSSR count). The molecular formula is C36H33N3O7. The molecule has 10 nitrogen and oxygen atoms in total. The predicted octanol–water partition coefficient (Wildman–Crippen LogP) is 4.78. The second kappa shape index (κ2) is 13.4. The molecule has 4 aromatic carbocycles. The van der Waals surface area contributed by atoms with Gasteiger partial charge in [0, 0.05) is 11.8 Å². The Balaban J connectivity index is 1.33. The first kappa shape index (κ1) is 30.7. The van der Waals surface area contributed by atoms with E-state index >= 15 is 0 Å². The first-order valence-electron chi connectivity index (χ1n) is 14.7. The van der Waals surface area contributed by atoms with Gasteiger partial charge in [0.15, 0.2) is 6.23 Å². The van der Waals surface area contributed by atoms with Crippen molar-refractivity contribution in [3.63, 3.8) is 0 Å². The summed E-state index contributed by atoms with van der Waals surface area (Å²) in [5.41, 5.74) is 0.931. The summed E-state index contributed by atoms with van der Waals surface area (Å²) in [5.74, 6) is 1.04. The van der Waals surface area contributed by atoms with Crippen molar-refractivity contribution in [1.82, 2.24) is 9.55 Å². The summed E-state index contributed by atoms with van der Waals surface area (Å²) in [4.78, 5) is 29.7. The van der Waals surface area contributed by atoms with Gasteiger partial charge in [-0.2, -0.15) is 4.98 Å². The smallest absolute Gasteiger partial charge is 0.351 e. The zero-order valence-electron chi connectivity index (χ0n) is 25.3. The van der Waals surface area contributed by atoms with E-state index < -0.39 is 35.6 Å². The Morgan fingerprint density at radius 1 is 0.826 bits per heavy atom. The Kier molecular flexibility index (Phi) is 8.93. The molecule has 234 valence electrons. The number of carbonyl (C=O) groups excluding carboxylic acids is 1. The standard InChI is InChI=1S/C36H33N3O7/c1-43-28-17-13-26(14-18-28)36(25-11-7-4-8-12-25,27-15-19-29(44-2)20-16-27)46-30-23-45-34(32(30)40)39-22-21-31(38-35(39)42)37-33(41)24-9-5-3-6-10-24/h3-22,30,32,34,40H,23H2,1-2H3,(H,37,38,41,42). The van der Waals surface area contributed by atoms with Gasteiger partial charge in [-0.05, 0) is 59.2 Å². The van der Waals surface area contributed by atoms with Gasteiger partial charge in [0.2, 0.25) is 0 Å². The molecule has 2 N–H and O–H groups in total.